The van der Waals surface area contributed by atoms with Gasteiger partial charge in [0.1, 0.15) is 12.4 Å². The summed E-state index contributed by atoms with van der Waals surface area (Å²) in [6, 6.07) is 14.1. The first-order valence-corrected chi connectivity index (χ1v) is 8.96. The molecule has 0 unspecified atom stereocenters. The smallest absolute Gasteiger partial charge is 0.317 e. The summed E-state index contributed by atoms with van der Waals surface area (Å²) >= 11 is 0. The number of piperidine rings is 1. The zero-order chi connectivity index (χ0) is 17.6. The predicted octanol–water partition coefficient (Wildman–Crippen LogP) is 3.02. The second-order valence-electron chi connectivity index (χ2n) is 6.68. The fraction of sp³-hybridized carbons (Fsp3) is 0.450. The van der Waals surface area contributed by atoms with Gasteiger partial charge in [-0.1, -0.05) is 30.3 Å². The molecule has 0 radical (unpaired) electrons. The Hall–Kier alpha value is -2.27. The molecule has 1 fully saturated rings. The molecule has 25 heavy (non-hydrogen) atoms. The lowest BCUT2D eigenvalue weighted by Gasteiger charge is -2.34. The number of ether oxygens (including phenoxy) is 1. The van der Waals surface area contributed by atoms with E-state index in [9.17, 15) is 9.90 Å². The summed E-state index contributed by atoms with van der Waals surface area (Å²) in [5, 5.41) is 14.9. The van der Waals surface area contributed by atoms with Gasteiger partial charge in [0.15, 0.2) is 0 Å². The number of likely N-dealkylation sites (tertiary alicyclic amines) is 1. The maximum absolute atomic E-state index is 12.2. The molecule has 1 aliphatic rings. The van der Waals surface area contributed by atoms with Crippen LogP contribution in [0.25, 0.3) is 10.8 Å². The first-order valence-electron chi connectivity index (χ1n) is 8.96. The van der Waals surface area contributed by atoms with Crippen molar-refractivity contribution in [2.24, 2.45) is 5.92 Å². The molecule has 2 N–H and O–H groups in total. The van der Waals surface area contributed by atoms with E-state index in [2.05, 4.69) is 17.4 Å². The number of aliphatic hydroxyl groups is 1. The molecule has 1 saturated heterocycles. The highest BCUT2D eigenvalue weighted by atomic mass is 16.5. The van der Waals surface area contributed by atoms with E-state index >= 15 is 0 Å². The minimum atomic E-state index is -0.369. The van der Waals surface area contributed by atoms with Crippen LogP contribution in [-0.2, 0) is 0 Å². The third-order valence-electron chi connectivity index (χ3n) is 4.80. The number of carbonyl (C=O) groups excluding carboxylic acids is 1. The van der Waals surface area contributed by atoms with Crippen LogP contribution in [0, 0.1) is 5.92 Å². The van der Waals surface area contributed by atoms with Crippen molar-refractivity contribution in [3.05, 3.63) is 42.5 Å². The molecular formula is C20H26N2O3. The van der Waals surface area contributed by atoms with Crippen LogP contribution in [0.1, 0.15) is 19.8 Å². The van der Waals surface area contributed by atoms with E-state index < -0.39 is 0 Å². The highest BCUT2D eigenvalue weighted by molar-refractivity contribution is 5.83. The minimum absolute atomic E-state index is 0.0764. The molecule has 2 aromatic rings. The first kappa shape index (κ1) is 17.5. The Labute approximate surface area is 148 Å². The van der Waals surface area contributed by atoms with Gasteiger partial charge in [-0.25, -0.2) is 4.79 Å². The highest BCUT2D eigenvalue weighted by Gasteiger charge is 2.26. The molecule has 2 atom stereocenters. The van der Waals surface area contributed by atoms with Gasteiger partial charge in [0.05, 0.1) is 12.6 Å². The summed E-state index contributed by atoms with van der Waals surface area (Å²) in [4.78, 5) is 14.0. The summed E-state index contributed by atoms with van der Waals surface area (Å²) in [5.74, 6) is 0.980. The van der Waals surface area contributed by atoms with Gasteiger partial charge in [-0.15, -0.1) is 0 Å². The second kappa shape index (κ2) is 8.21. The Bertz CT molecular complexity index is 717. The van der Waals surface area contributed by atoms with Crippen molar-refractivity contribution in [3.8, 4) is 5.75 Å². The van der Waals surface area contributed by atoms with Gasteiger partial charge in [-0.3, -0.25) is 0 Å². The molecule has 0 spiro atoms. The maximum Gasteiger partial charge on any atom is 0.317 e. The van der Waals surface area contributed by atoms with Gasteiger partial charge in [-0.2, -0.15) is 0 Å². The van der Waals surface area contributed by atoms with Crippen LogP contribution in [0.15, 0.2) is 42.5 Å². The van der Waals surface area contributed by atoms with Gasteiger partial charge in [0, 0.05) is 19.0 Å². The number of benzene rings is 2. The quantitative estimate of drug-likeness (QED) is 0.821. The van der Waals surface area contributed by atoms with Crippen LogP contribution >= 0.6 is 0 Å². The molecule has 1 aliphatic heterocycles. The van der Waals surface area contributed by atoms with Crippen molar-refractivity contribution in [1.82, 2.24) is 10.2 Å². The molecular weight excluding hydrogens is 316 g/mol. The van der Waals surface area contributed by atoms with Crippen molar-refractivity contribution in [2.45, 2.75) is 25.9 Å². The highest BCUT2D eigenvalue weighted by Crippen LogP contribution is 2.21. The second-order valence-corrected chi connectivity index (χ2v) is 6.68. The number of aliphatic hydroxyl groups excluding tert-OH is 1. The molecule has 0 saturated carbocycles. The van der Waals surface area contributed by atoms with Crippen molar-refractivity contribution in [2.75, 3.05) is 26.2 Å². The summed E-state index contributed by atoms with van der Waals surface area (Å²) in [6.45, 7) is 4.05. The minimum Gasteiger partial charge on any atom is -0.492 e. The lowest BCUT2D eigenvalue weighted by Crippen LogP contribution is -2.48. The largest absolute Gasteiger partial charge is 0.492 e. The Morgan fingerprint density at radius 1 is 1.32 bits per heavy atom. The maximum atomic E-state index is 12.2. The average Bonchev–Trinajstić information content (AvgIpc) is 2.65. The van der Waals surface area contributed by atoms with Crippen molar-refractivity contribution >= 4 is 16.8 Å². The van der Waals surface area contributed by atoms with Gasteiger partial charge in [-0.05, 0) is 42.7 Å². The zero-order valence-corrected chi connectivity index (χ0v) is 14.6. The number of carbonyl (C=O) groups is 1. The van der Waals surface area contributed by atoms with Crippen LogP contribution in [0.4, 0.5) is 4.79 Å². The number of hydrogen-bond donors (Lipinski definition) is 2. The first-order chi connectivity index (χ1) is 12.1. The van der Waals surface area contributed by atoms with E-state index in [0.29, 0.717) is 19.7 Å². The van der Waals surface area contributed by atoms with Crippen LogP contribution in [-0.4, -0.2) is 48.4 Å². The number of nitrogens with zero attached hydrogens (tertiary/aromatic N) is 1. The third-order valence-corrected chi connectivity index (χ3v) is 4.80. The Kier molecular flexibility index (Phi) is 5.76. The SMILES string of the molecule is C[C@H](O)[C@H]1CCCN(C(=O)NCCOc2ccc3ccccc3c2)C1. The molecule has 0 bridgehead atoms. The van der Waals surface area contributed by atoms with Crippen LogP contribution in [0.3, 0.4) is 0 Å². The fourth-order valence-electron chi connectivity index (χ4n) is 3.28. The number of fused-ring (bicyclic) bond motifs is 1. The topological polar surface area (TPSA) is 61.8 Å². The monoisotopic (exact) mass is 342 g/mol. The summed E-state index contributed by atoms with van der Waals surface area (Å²) in [7, 11) is 0. The number of nitrogens with one attached hydrogen (secondary N) is 1. The van der Waals surface area contributed by atoms with Crippen molar-refractivity contribution < 1.29 is 14.6 Å². The Morgan fingerprint density at radius 3 is 2.92 bits per heavy atom. The Balaban J connectivity index is 1.43. The molecule has 2 amide bonds. The number of urea groups is 1. The van der Waals surface area contributed by atoms with Gasteiger partial charge in [0.2, 0.25) is 0 Å². The van der Waals surface area contributed by atoms with Crippen molar-refractivity contribution in [1.29, 1.82) is 0 Å². The van der Waals surface area contributed by atoms with E-state index in [1.807, 2.05) is 30.3 Å². The van der Waals surface area contributed by atoms with E-state index in [1.54, 1.807) is 11.8 Å². The fourth-order valence-corrected chi connectivity index (χ4v) is 3.28. The van der Waals surface area contributed by atoms with Gasteiger partial charge < -0.3 is 20.1 Å². The third kappa shape index (κ3) is 4.63. The normalized spacial score (nSPS) is 18.8. The lowest BCUT2D eigenvalue weighted by molar-refractivity contribution is 0.0737. The summed E-state index contributed by atoms with van der Waals surface area (Å²) < 4.78 is 5.74. The Morgan fingerprint density at radius 2 is 2.12 bits per heavy atom. The lowest BCUT2D eigenvalue weighted by atomic mass is 9.94. The average molecular weight is 342 g/mol. The van der Waals surface area contributed by atoms with Crippen molar-refractivity contribution in [3.63, 3.8) is 0 Å². The number of hydrogen-bond acceptors (Lipinski definition) is 3. The zero-order valence-electron chi connectivity index (χ0n) is 14.6. The van der Waals surface area contributed by atoms with E-state index in [4.69, 9.17) is 4.74 Å². The molecule has 0 aliphatic carbocycles. The standard InChI is InChI=1S/C20H26N2O3/c1-15(23)18-7-4-11-22(14-18)20(24)21-10-12-25-19-9-8-16-5-2-3-6-17(16)13-19/h2-3,5-6,8-9,13,15,18,23H,4,7,10-12,14H2,1H3,(H,21,24)/t15-,18-/m0/s1. The molecule has 0 aromatic heterocycles. The predicted molar refractivity (Wildman–Crippen MR) is 98.8 cm³/mol. The molecule has 5 heteroatoms. The van der Waals surface area contributed by atoms with Crippen LogP contribution in [0.5, 0.6) is 5.75 Å². The van der Waals surface area contributed by atoms with Crippen LogP contribution < -0.4 is 10.1 Å². The number of amides is 2. The summed E-state index contributed by atoms with van der Waals surface area (Å²) in [5.41, 5.74) is 0. The molecule has 5 nitrogen and oxygen atoms in total. The van der Waals surface area contributed by atoms with Gasteiger partial charge in [0.25, 0.3) is 0 Å². The van der Waals surface area contributed by atoms with E-state index in [1.165, 1.54) is 5.39 Å². The molecule has 1 heterocycles. The van der Waals surface area contributed by atoms with Gasteiger partial charge >= 0.3 is 6.03 Å². The van der Waals surface area contributed by atoms with E-state index in [0.717, 1.165) is 30.5 Å². The molecule has 2 aromatic carbocycles. The molecule has 3 rings (SSSR count). The van der Waals surface area contributed by atoms with Crippen LogP contribution in [0.2, 0.25) is 0 Å². The summed E-state index contributed by atoms with van der Waals surface area (Å²) in [6.07, 6.45) is 1.55. The molecule has 134 valence electrons. The number of rotatable bonds is 5. The van der Waals surface area contributed by atoms with E-state index in [-0.39, 0.29) is 18.1 Å².